The Balaban J connectivity index is 2.27. The number of nitrogens with one attached hydrogen (secondary N) is 1. The standard InChI is InChI=1S/C16H21F3N2O3S/c1-9-7-10(2)12(4)14(11(9)3)25(23,24)21-6-5-13(8-21)20-15(22)16(17,18)19/h7,13H,5-6,8H2,1-4H3,(H,20,22). The van der Waals surface area contributed by atoms with Gasteiger partial charge in [-0.2, -0.15) is 17.5 Å². The van der Waals surface area contributed by atoms with Gasteiger partial charge in [0.1, 0.15) is 0 Å². The molecule has 1 atom stereocenters. The van der Waals surface area contributed by atoms with Crippen molar-refractivity contribution in [1.82, 2.24) is 9.62 Å². The van der Waals surface area contributed by atoms with E-state index in [1.807, 2.05) is 25.2 Å². The van der Waals surface area contributed by atoms with Crippen LogP contribution in [-0.2, 0) is 14.8 Å². The number of sulfonamides is 1. The van der Waals surface area contributed by atoms with Crippen LogP contribution in [0.15, 0.2) is 11.0 Å². The number of rotatable bonds is 3. The molecule has 0 radical (unpaired) electrons. The third-order valence-corrected chi connectivity index (χ3v) is 6.78. The number of alkyl halides is 3. The lowest BCUT2D eigenvalue weighted by atomic mass is 10.0. The Kier molecular flexibility index (Phi) is 5.21. The lowest BCUT2D eigenvalue weighted by molar-refractivity contribution is -0.174. The number of aryl methyl sites for hydroxylation is 2. The third-order valence-electron chi connectivity index (χ3n) is 4.64. The molecule has 1 aromatic rings. The summed E-state index contributed by atoms with van der Waals surface area (Å²) >= 11 is 0. The summed E-state index contributed by atoms with van der Waals surface area (Å²) in [6.45, 7) is 6.96. The fourth-order valence-electron chi connectivity index (χ4n) is 3.03. The monoisotopic (exact) mass is 378 g/mol. The van der Waals surface area contributed by atoms with Crippen molar-refractivity contribution in [2.45, 2.75) is 51.2 Å². The summed E-state index contributed by atoms with van der Waals surface area (Å²) in [5, 5.41) is 1.85. The molecule has 1 aromatic carbocycles. The first-order valence-electron chi connectivity index (χ1n) is 7.81. The second-order valence-electron chi connectivity index (χ2n) is 6.41. The van der Waals surface area contributed by atoms with Gasteiger partial charge in [0.15, 0.2) is 0 Å². The van der Waals surface area contributed by atoms with Crippen LogP contribution in [0.1, 0.15) is 28.7 Å². The molecule has 0 spiro atoms. The Morgan fingerprint density at radius 2 is 1.68 bits per heavy atom. The molecule has 1 saturated heterocycles. The molecular weight excluding hydrogens is 357 g/mol. The van der Waals surface area contributed by atoms with Gasteiger partial charge in [-0.05, 0) is 56.4 Å². The van der Waals surface area contributed by atoms with Crippen LogP contribution in [0.5, 0.6) is 0 Å². The molecule has 0 bridgehead atoms. The Labute approximate surface area is 145 Å². The van der Waals surface area contributed by atoms with E-state index in [9.17, 15) is 26.4 Å². The molecule has 1 unspecified atom stereocenters. The normalized spacial score (nSPS) is 19.2. The SMILES string of the molecule is Cc1cc(C)c(C)c(S(=O)(=O)N2CCC(NC(=O)C(F)(F)F)C2)c1C. The van der Waals surface area contributed by atoms with Crippen molar-refractivity contribution in [2.75, 3.05) is 13.1 Å². The Bertz CT molecular complexity index is 778. The number of nitrogens with zero attached hydrogens (tertiary/aromatic N) is 1. The third kappa shape index (κ3) is 3.82. The summed E-state index contributed by atoms with van der Waals surface area (Å²) in [5.74, 6) is -2.05. The average Bonchev–Trinajstić information content (AvgIpc) is 2.93. The van der Waals surface area contributed by atoms with Gasteiger partial charge in [0.2, 0.25) is 10.0 Å². The van der Waals surface area contributed by atoms with Crippen LogP contribution in [0.2, 0.25) is 0 Å². The molecule has 140 valence electrons. The quantitative estimate of drug-likeness (QED) is 0.878. The molecule has 1 fully saturated rings. The van der Waals surface area contributed by atoms with Crippen molar-refractivity contribution in [2.24, 2.45) is 0 Å². The molecule has 0 aliphatic carbocycles. The first-order valence-corrected chi connectivity index (χ1v) is 9.25. The Hall–Kier alpha value is -1.61. The van der Waals surface area contributed by atoms with E-state index >= 15 is 0 Å². The van der Waals surface area contributed by atoms with Gasteiger partial charge < -0.3 is 5.32 Å². The zero-order valence-electron chi connectivity index (χ0n) is 14.5. The fourth-order valence-corrected chi connectivity index (χ4v) is 5.10. The maximum absolute atomic E-state index is 13.0. The summed E-state index contributed by atoms with van der Waals surface area (Å²) < 4.78 is 64.2. The molecule has 25 heavy (non-hydrogen) atoms. The second kappa shape index (κ2) is 6.60. The smallest absolute Gasteiger partial charge is 0.344 e. The van der Waals surface area contributed by atoms with E-state index in [4.69, 9.17) is 0 Å². The largest absolute Gasteiger partial charge is 0.471 e. The number of carbonyl (C=O) groups is 1. The molecule has 9 heteroatoms. The Morgan fingerprint density at radius 1 is 1.16 bits per heavy atom. The van der Waals surface area contributed by atoms with Gasteiger partial charge in [0.05, 0.1) is 4.90 Å². The van der Waals surface area contributed by atoms with Crippen LogP contribution in [0.4, 0.5) is 13.2 Å². The van der Waals surface area contributed by atoms with E-state index in [1.54, 1.807) is 13.8 Å². The zero-order valence-corrected chi connectivity index (χ0v) is 15.3. The molecule has 0 saturated carbocycles. The lowest BCUT2D eigenvalue weighted by Crippen LogP contribution is -2.44. The second-order valence-corrected chi connectivity index (χ2v) is 8.28. The first-order chi connectivity index (χ1) is 11.4. The lowest BCUT2D eigenvalue weighted by Gasteiger charge is -2.22. The molecule has 5 nitrogen and oxygen atoms in total. The average molecular weight is 378 g/mol. The van der Waals surface area contributed by atoms with Gasteiger partial charge in [-0.25, -0.2) is 8.42 Å². The molecular formula is C16H21F3N2O3S. The minimum Gasteiger partial charge on any atom is -0.344 e. The van der Waals surface area contributed by atoms with Crippen molar-refractivity contribution in [3.05, 3.63) is 28.3 Å². The summed E-state index contributed by atoms with van der Waals surface area (Å²) in [6, 6.07) is 1.05. The highest BCUT2D eigenvalue weighted by Crippen LogP contribution is 2.30. The maximum atomic E-state index is 13.0. The number of amides is 1. The van der Waals surface area contributed by atoms with E-state index in [1.165, 1.54) is 0 Å². The van der Waals surface area contributed by atoms with Crippen LogP contribution >= 0.6 is 0 Å². The van der Waals surface area contributed by atoms with Gasteiger partial charge in [0, 0.05) is 19.1 Å². The summed E-state index contributed by atoms with van der Waals surface area (Å²) in [4.78, 5) is 11.2. The van der Waals surface area contributed by atoms with Crippen molar-refractivity contribution >= 4 is 15.9 Å². The zero-order chi connectivity index (χ0) is 19.2. The van der Waals surface area contributed by atoms with Crippen molar-refractivity contribution in [3.8, 4) is 0 Å². The fraction of sp³-hybridized carbons (Fsp3) is 0.562. The van der Waals surface area contributed by atoms with E-state index in [-0.39, 0.29) is 24.4 Å². The minimum atomic E-state index is -4.98. The number of hydrogen-bond donors (Lipinski definition) is 1. The molecule has 1 amide bonds. The highest BCUT2D eigenvalue weighted by atomic mass is 32.2. The topological polar surface area (TPSA) is 66.5 Å². The minimum absolute atomic E-state index is 0.0665. The number of hydrogen-bond acceptors (Lipinski definition) is 3. The molecule has 2 rings (SSSR count). The maximum Gasteiger partial charge on any atom is 0.471 e. The van der Waals surface area contributed by atoms with Crippen molar-refractivity contribution < 1.29 is 26.4 Å². The highest BCUT2D eigenvalue weighted by molar-refractivity contribution is 7.89. The number of benzene rings is 1. The van der Waals surface area contributed by atoms with Gasteiger partial charge in [-0.3, -0.25) is 4.79 Å². The summed E-state index contributed by atoms with van der Waals surface area (Å²) in [6.07, 6.45) is -4.84. The predicted octanol–water partition coefficient (Wildman–Crippen LogP) is 2.36. The van der Waals surface area contributed by atoms with Crippen LogP contribution in [0.25, 0.3) is 0 Å². The highest BCUT2D eigenvalue weighted by Gasteiger charge is 2.42. The molecule has 1 N–H and O–H groups in total. The van der Waals surface area contributed by atoms with E-state index in [0.717, 1.165) is 15.4 Å². The van der Waals surface area contributed by atoms with Gasteiger partial charge >= 0.3 is 12.1 Å². The van der Waals surface area contributed by atoms with Crippen LogP contribution in [-0.4, -0.2) is 43.9 Å². The van der Waals surface area contributed by atoms with Crippen molar-refractivity contribution in [3.63, 3.8) is 0 Å². The predicted molar refractivity (Wildman–Crippen MR) is 86.8 cm³/mol. The number of halogens is 3. The van der Waals surface area contributed by atoms with Gasteiger partial charge in [-0.1, -0.05) is 6.07 Å². The Morgan fingerprint density at radius 3 is 2.16 bits per heavy atom. The summed E-state index contributed by atoms with van der Waals surface area (Å²) in [5.41, 5.74) is 2.93. The number of carbonyl (C=O) groups excluding carboxylic acids is 1. The molecule has 0 aromatic heterocycles. The molecule has 1 aliphatic heterocycles. The van der Waals surface area contributed by atoms with Gasteiger partial charge in [0.25, 0.3) is 0 Å². The van der Waals surface area contributed by atoms with E-state index < -0.39 is 28.1 Å². The molecule has 1 aliphatic rings. The summed E-state index contributed by atoms with van der Waals surface area (Å²) in [7, 11) is -3.85. The van der Waals surface area contributed by atoms with Crippen LogP contribution in [0, 0.1) is 27.7 Å². The van der Waals surface area contributed by atoms with Crippen LogP contribution < -0.4 is 5.32 Å². The van der Waals surface area contributed by atoms with E-state index in [2.05, 4.69) is 0 Å². The molecule has 1 heterocycles. The van der Waals surface area contributed by atoms with Crippen LogP contribution in [0.3, 0.4) is 0 Å². The van der Waals surface area contributed by atoms with Gasteiger partial charge in [-0.15, -0.1) is 0 Å². The first kappa shape index (κ1) is 19.7. The van der Waals surface area contributed by atoms with Crippen molar-refractivity contribution in [1.29, 1.82) is 0 Å². The van der Waals surface area contributed by atoms with E-state index in [0.29, 0.717) is 11.1 Å².